The van der Waals surface area contributed by atoms with Gasteiger partial charge in [0.05, 0.1) is 0 Å². The molecule has 36 heavy (non-hydrogen) atoms. The van der Waals surface area contributed by atoms with Gasteiger partial charge in [0.1, 0.15) is 5.78 Å². The molecule has 0 aliphatic heterocycles. The molecule has 0 aromatic heterocycles. The molecule has 0 aromatic rings. The quantitative estimate of drug-likeness (QED) is 0.403. The topological polar surface area (TPSA) is 75.3 Å². The maximum absolute atomic E-state index is 11.6. The minimum absolute atomic E-state index is 0.194. The van der Waals surface area contributed by atoms with Crippen LogP contribution in [0.25, 0.3) is 0 Å². The van der Waals surface area contributed by atoms with Crippen molar-refractivity contribution >= 4 is 17.6 Å². The summed E-state index contributed by atoms with van der Waals surface area (Å²) in [6.45, 7) is 23.5. The average molecular weight is 509 g/mol. The Morgan fingerprint density at radius 3 is 0.861 bits per heavy atom. The second kappa shape index (κ2) is 14.5. The van der Waals surface area contributed by atoms with Crippen LogP contribution in [0.5, 0.6) is 0 Å². The molecular formula is C31H60N2O3. The van der Waals surface area contributed by atoms with E-state index in [1.807, 2.05) is 83.1 Å². The molecule has 5 heteroatoms. The molecule has 0 atom stereocenters. The van der Waals surface area contributed by atoms with Crippen LogP contribution in [0.1, 0.15) is 147 Å². The van der Waals surface area contributed by atoms with Gasteiger partial charge in [0.15, 0.2) is 0 Å². The summed E-state index contributed by atoms with van der Waals surface area (Å²) in [6.07, 6.45) is 12.4. The monoisotopic (exact) mass is 508 g/mol. The Balaban J connectivity index is 0.000000517. The predicted octanol–water partition coefficient (Wildman–Crippen LogP) is 7.61. The van der Waals surface area contributed by atoms with Gasteiger partial charge in [0.25, 0.3) is 0 Å². The van der Waals surface area contributed by atoms with Crippen LogP contribution in [0, 0.1) is 21.7 Å². The molecule has 0 bridgehead atoms. The van der Waals surface area contributed by atoms with Crippen molar-refractivity contribution in [3.05, 3.63) is 0 Å². The van der Waals surface area contributed by atoms with Gasteiger partial charge >= 0.3 is 0 Å². The maximum atomic E-state index is 11.6. The lowest BCUT2D eigenvalue weighted by Gasteiger charge is -2.26. The third-order valence-electron chi connectivity index (χ3n) is 6.61. The van der Waals surface area contributed by atoms with Gasteiger partial charge < -0.3 is 10.6 Å². The van der Waals surface area contributed by atoms with Crippen molar-refractivity contribution in [1.29, 1.82) is 0 Å². The van der Waals surface area contributed by atoms with Crippen molar-refractivity contribution in [2.45, 2.75) is 159 Å². The third-order valence-corrected chi connectivity index (χ3v) is 6.61. The van der Waals surface area contributed by atoms with E-state index in [2.05, 4.69) is 10.6 Å². The number of carbonyl (C=O) groups is 3. The van der Waals surface area contributed by atoms with Crippen molar-refractivity contribution in [2.24, 2.45) is 21.7 Å². The number of hydrogen-bond donors (Lipinski definition) is 2. The molecule has 2 aliphatic carbocycles. The summed E-state index contributed by atoms with van der Waals surface area (Å²) in [5.41, 5.74) is -0.870. The van der Waals surface area contributed by atoms with Gasteiger partial charge in [0.2, 0.25) is 11.8 Å². The van der Waals surface area contributed by atoms with E-state index in [-0.39, 0.29) is 33.5 Å². The summed E-state index contributed by atoms with van der Waals surface area (Å²) in [4.78, 5) is 34.7. The average Bonchev–Trinajstić information content (AvgIpc) is 2.73. The standard InChI is InChI=1S/2C11H21NO.C9H18O/c2*1-11(2,3)10(13)12-9-7-5-4-6-8-9;1-8(2,3)7(10)9(4,5)6/h2*9H,4-8H2,1-3H3,(H,12,13);1-6H3. The zero-order chi connectivity index (χ0) is 28.4. The van der Waals surface area contributed by atoms with E-state index in [9.17, 15) is 14.4 Å². The van der Waals surface area contributed by atoms with Crippen LogP contribution in [0.4, 0.5) is 0 Å². The smallest absolute Gasteiger partial charge is 0.225 e. The third kappa shape index (κ3) is 15.0. The first kappa shape index (κ1) is 34.6. The maximum Gasteiger partial charge on any atom is 0.225 e. The molecular weight excluding hydrogens is 448 g/mol. The summed E-state index contributed by atoms with van der Waals surface area (Å²) in [5.74, 6) is 0.707. The van der Waals surface area contributed by atoms with E-state index < -0.39 is 0 Å². The molecule has 2 saturated carbocycles. The molecule has 2 amide bonds. The van der Waals surface area contributed by atoms with E-state index in [1.165, 1.54) is 64.2 Å². The van der Waals surface area contributed by atoms with Gasteiger partial charge in [-0.15, -0.1) is 0 Å². The summed E-state index contributed by atoms with van der Waals surface area (Å²) < 4.78 is 0. The highest BCUT2D eigenvalue weighted by molar-refractivity contribution is 5.88. The fourth-order valence-electron chi connectivity index (χ4n) is 4.42. The van der Waals surface area contributed by atoms with E-state index in [0.717, 1.165) is 0 Å². The molecule has 0 heterocycles. The second-order valence-corrected chi connectivity index (χ2v) is 14.9. The number of amides is 2. The molecule has 2 aliphatic rings. The van der Waals surface area contributed by atoms with Crippen molar-refractivity contribution < 1.29 is 14.4 Å². The molecule has 0 radical (unpaired) electrons. The lowest BCUT2D eigenvalue weighted by Crippen LogP contribution is -2.42. The van der Waals surface area contributed by atoms with Crippen molar-refractivity contribution in [3.8, 4) is 0 Å². The van der Waals surface area contributed by atoms with Crippen molar-refractivity contribution in [2.75, 3.05) is 0 Å². The van der Waals surface area contributed by atoms with E-state index in [4.69, 9.17) is 0 Å². The Morgan fingerprint density at radius 2 is 0.694 bits per heavy atom. The Bertz CT molecular complexity index is 615. The fourth-order valence-corrected chi connectivity index (χ4v) is 4.42. The first-order chi connectivity index (χ1) is 16.2. The van der Waals surface area contributed by atoms with Gasteiger partial charge in [0, 0.05) is 33.7 Å². The number of rotatable bonds is 2. The molecule has 0 unspecified atom stereocenters. The van der Waals surface area contributed by atoms with Crippen LogP contribution < -0.4 is 10.6 Å². The van der Waals surface area contributed by atoms with Gasteiger partial charge in [-0.2, -0.15) is 0 Å². The van der Waals surface area contributed by atoms with Crippen LogP contribution in [-0.4, -0.2) is 29.7 Å². The molecule has 5 nitrogen and oxygen atoms in total. The summed E-state index contributed by atoms with van der Waals surface area (Å²) in [7, 11) is 0. The molecule has 0 spiro atoms. The van der Waals surface area contributed by atoms with E-state index >= 15 is 0 Å². The highest BCUT2D eigenvalue weighted by atomic mass is 16.2. The van der Waals surface area contributed by atoms with Gasteiger partial charge in [-0.05, 0) is 25.7 Å². The predicted molar refractivity (Wildman–Crippen MR) is 153 cm³/mol. The number of carbonyl (C=O) groups excluding carboxylic acids is 3. The van der Waals surface area contributed by atoms with Crippen LogP contribution in [-0.2, 0) is 14.4 Å². The highest BCUT2D eigenvalue weighted by Gasteiger charge is 2.31. The van der Waals surface area contributed by atoms with Crippen molar-refractivity contribution in [3.63, 3.8) is 0 Å². The molecule has 2 rings (SSSR count). The minimum atomic E-state index is -0.239. The largest absolute Gasteiger partial charge is 0.353 e. The Kier molecular flexibility index (Phi) is 14.0. The summed E-state index contributed by atoms with van der Waals surface area (Å²) in [6, 6.07) is 0.890. The van der Waals surface area contributed by atoms with Crippen molar-refractivity contribution in [1.82, 2.24) is 10.6 Å². The SMILES string of the molecule is CC(C)(C)C(=O)C(C)(C)C.CC(C)(C)C(=O)NC1CCCCC1.CC(C)(C)C(=O)NC1CCCCC1. The van der Waals surface area contributed by atoms with Gasteiger partial charge in [-0.1, -0.05) is 122 Å². The molecule has 2 N–H and O–H groups in total. The Morgan fingerprint density at radius 1 is 0.444 bits per heavy atom. The zero-order valence-electron chi connectivity index (χ0n) is 26.0. The summed E-state index contributed by atoms with van der Waals surface area (Å²) >= 11 is 0. The van der Waals surface area contributed by atoms with Gasteiger partial charge in [-0.25, -0.2) is 0 Å². The number of Topliss-reactive ketones (excluding diaryl/α,β-unsaturated/α-hetero) is 1. The highest BCUT2D eigenvalue weighted by Crippen LogP contribution is 2.28. The van der Waals surface area contributed by atoms with Crippen LogP contribution in [0.3, 0.4) is 0 Å². The second-order valence-electron chi connectivity index (χ2n) is 14.9. The van der Waals surface area contributed by atoms with E-state index in [1.54, 1.807) is 0 Å². The van der Waals surface area contributed by atoms with Crippen LogP contribution in [0.2, 0.25) is 0 Å². The summed E-state index contributed by atoms with van der Waals surface area (Å²) in [5, 5.41) is 6.24. The first-order valence-corrected chi connectivity index (χ1v) is 14.3. The van der Waals surface area contributed by atoms with Gasteiger partial charge in [-0.3, -0.25) is 14.4 Å². The first-order valence-electron chi connectivity index (χ1n) is 14.3. The number of ketones is 1. The van der Waals surface area contributed by atoms with E-state index in [0.29, 0.717) is 17.9 Å². The Hall–Kier alpha value is -1.39. The Labute approximate surface area is 223 Å². The molecule has 2 fully saturated rings. The number of hydrogen-bond acceptors (Lipinski definition) is 3. The number of nitrogens with one attached hydrogen (secondary N) is 2. The lowest BCUT2D eigenvalue weighted by atomic mass is 9.76. The zero-order valence-corrected chi connectivity index (χ0v) is 26.0. The van der Waals surface area contributed by atoms with Crippen LogP contribution >= 0.6 is 0 Å². The van der Waals surface area contributed by atoms with Crippen LogP contribution in [0.15, 0.2) is 0 Å². The molecule has 0 aromatic carbocycles. The normalized spacial score (nSPS) is 18.1. The lowest BCUT2D eigenvalue weighted by molar-refractivity contribution is -0.134. The molecule has 0 saturated heterocycles. The molecule has 212 valence electrons. The minimum Gasteiger partial charge on any atom is -0.353 e. The fraction of sp³-hybridized carbons (Fsp3) is 0.903.